The van der Waals surface area contributed by atoms with Gasteiger partial charge in [0.25, 0.3) is 0 Å². The number of rotatable bonds is 14. The average molecular weight is 599 g/mol. The maximum Gasteiger partial charge on any atom is 0.165 e. The molecular weight excluding hydrogens is 558 g/mol. The second-order valence-electron chi connectivity index (χ2n) is 10.8. The smallest absolute Gasteiger partial charge is 0.165 e. The standard InChI is InChI=1S/C33H40F2N2O6/c1-39-13-2-11-37-12-14-41-30-10-5-24(17-28(30)37)22-43-32-20-36-19-29(38)33(32)25-6-3-23(4-7-25)21-40-15-16-42-31-18-26(34)8-9-27(31)35/h3-10,17-18,29,32-33,36,38H,2,11-16,19-22H2,1H3/t29-,32?,33?/m1/s1. The number of aliphatic hydroxyl groups excluding tert-OH is 1. The molecule has 0 aliphatic carbocycles. The van der Waals surface area contributed by atoms with Crippen LogP contribution in [0.5, 0.6) is 11.5 Å². The number of piperidine rings is 1. The fraction of sp³-hybridized carbons (Fsp3) is 0.455. The number of hydrogen-bond acceptors (Lipinski definition) is 8. The van der Waals surface area contributed by atoms with E-state index in [1.807, 2.05) is 36.4 Å². The van der Waals surface area contributed by atoms with Gasteiger partial charge in [-0.2, -0.15) is 0 Å². The largest absolute Gasteiger partial charge is 0.490 e. The van der Waals surface area contributed by atoms with E-state index in [1.165, 1.54) is 0 Å². The maximum atomic E-state index is 13.7. The minimum Gasteiger partial charge on any atom is -0.490 e. The van der Waals surface area contributed by atoms with Crippen LogP contribution >= 0.6 is 0 Å². The minimum atomic E-state index is -0.614. The third-order valence-corrected chi connectivity index (χ3v) is 7.75. The van der Waals surface area contributed by atoms with Crippen LogP contribution in [0.4, 0.5) is 14.5 Å². The van der Waals surface area contributed by atoms with Crippen molar-refractivity contribution in [1.29, 1.82) is 0 Å². The molecule has 2 heterocycles. The van der Waals surface area contributed by atoms with Gasteiger partial charge in [-0.1, -0.05) is 30.3 Å². The fourth-order valence-corrected chi connectivity index (χ4v) is 5.54. The summed E-state index contributed by atoms with van der Waals surface area (Å²) in [5.74, 6) is -0.601. The second-order valence-corrected chi connectivity index (χ2v) is 10.8. The van der Waals surface area contributed by atoms with Crippen LogP contribution in [0.15, 0.2) is 60.7 Å². The third kappa shape index (κ3) is 8.43. The van der Waals surface area contributed by atoms with E-state index < -0.39 is 17.7 Å². The van der Waals surface area contributed by atoms with Crippen LogP contribution in [-0.2, 0) is 27.4 Å². The number of benzene rings is 3. The van der Waals surface area contributed by atoms with Gasteiger partial charge in [-0.3, -0.25) is 0 Å². The third-order valence-electron chi connectivity index (χ3n) is 7.75. The van der Waals surface area contributed by atoms with E-state index in [0.717, 1.165) is 72.4 Å². The van der Waals surface area contributed by atoms with E-state index in [0.29, 0.717) is 32.9 Å². The Morgan fingerprint density at radius 3 is 2.63 bits per heavy atom. The first-order valence-electron chi connectivity index (χ1n) is 14.8. The summed E-state index contributed by atoms with van der Waals surface area (Å²) in [6.07, 6.45) is 0.145. The van der Waals surface area contributed by atoms with Crippen LogP contribution in [0.25, 0.3) is 0 Å². The Hall–Kier alpha value is -3.28. The van der Waals surface area contributed by atoms with Gasteiger partial charge in [0.05, 0.1) is 44.3 Å². The number of anilines is 1. The summed E-state index contributed by atoms with van der Waals surface area (Å²) < 4.78 is 55.4. The zero-order chi connectivity index (χ0) is 30.0. The lowest BCUT2D eigenvalue weighted by molar-refractivity contribution is -0.0328. The number of β-amino-alcohol motifs (C(OH)–C–C–N with tert-alkyl or cyclic N) is 1. The zero-order valence-corrected chi connectivity index (χ0v) is 24.5. The molecule has 0 saturated carbocycles. The van der Waals surface area contributed by atoms with Gasteiger partial charge in [-0.25, -0.2) is 8.78 Å². The molecule has 10 heteroatoms. The van der Waals surface area contributed by atoms with Gasteiger partial charge in [-0.15, -0.1) is 0 Å². The predicted octanol–water partition coefficient (Wildman–Crippen LogP) is 4.43. The van der Waals surface area contributed by atoms with E-state index in [1.54, 1.807) is 7.11 Å². The van der Waals surface area contributed by atoms with Gasteiger partial charge in [0.15, 0.2) is 11.6 Å². The number of halogens is 2. The summed E-state index contributed by atoms with van der Waals surface area (Å²) in [5, 5.41) is 14.2. The van der Waals surface area contributed by atoms with Gasteiger partial charge in [0.1, 0.15) is 24.8 Å². The molecule has 0 radical (unpaired) electrons. The van der Waals surface area contributed by atoms with Crippen LogP contribution in [0.3, 0.4) is 0 Å². The van der Waals surface area contributed by atoms with E-state index >= 15 is 0 Å². The van der Waals surface area contributed by atoms with Crippen LogP contribution in [-0.4, -0.2) is 77.0 Å². The normalized spacial score (nSPS) is 20.0. The molecule has 0 bridgehead atoms. The molecule has 5 rings (SSSR count). The Balaban J connectivity index is 1.14. The van der Waals surface area contributed by atoms with Crippen molar-refractivity contribution >= 4 is 5.69 Å². The molecule has 1 saturated heterocycles. The highest BCUT2D eigenvalue weighted by molar-refractivity contribution is 5.61. The van der Waals surface area contributed by atoms with Gasteiger partial charge < -0.3 is 39.0 Å². The fourth-order valence-electron chi connectivity index (χ4n) is 5.54. The number of nitrogens with one attached hydrogen (secondary N) is 1. The molecule has 1 fully saturated rings. The maximum absolute atomic E-state index is 13.7. The van der Waals surface area contributed by atoms with E-state index in [9.17, 15) is 13.9 Å². The number of hydrogen-bond donors (Lipinski definition) is 2. The number of nitrogens with zero attached hydrogens (tertiary/aromatic N) is 1. The lowest BCUT2D eigenvalue weighted by Crippen LogP contribution is -2.49. The van der Waals surface area contributed by atoms with Crippen molar-refractivity contribution in [2.45, 2.75) is 37.8 Å². The summed E-state index contributed by atoms with van der Waals surface area (Å²) in [7, 11) is 1.72. The van der Waals surface area contributed by atoms with Crippen LogP contribution in [0.2, 0.25) is 0 Å². The summed E-state index contributed by atoms with van der Waals surface area (Å²) in [5.41, 5.74) is 4.08. The summed E-state index contributed by atoms with van der Waals surface area (Å²) in [6, 6.07) is 17.2. The molecule has 0 aromatic heterocycles. The summed E-state index contributed by atoms with van der Waals surface area (Å²) in [6.45, 7) is 5.34. The molecule has 8 nitrogen and oxygen atoms in total. The Bertz CT molecular complexity index is 1310. The molecule has 0 spiro atoms. The molecule has 2 aliphatic rings. The van der Waals surface area contributed by atoms with Crippen LogP contribution in [0, 0.1) is 11.6 Å². The Kier molecular flexibility index (Phi) is 11.2. The number of aliphatic hydroxyl groups is 1. The van der Waals surface area contributed by atoms with E-state index in [-0.39, 0.29) is 31.0 Å². The van der Waals surface area contributed by atoms with Crippen molar-refractivity contribution in [3.63, 3.8) is 0 Å². The molecular formula is C33H40F2N2O6. The Morgan fingerprint density at radius 1 is 0.953 bits per heavy atom. The number of ether oxygens (including phenoxy) is 5. The molecule has 3 aromatic rings. The Labute approximate surface area is 251 Å². The quantitative estimate of drug-likeness (QED) is 0.264. The van der Waals surface area contributed by atoms with Gasteiger partial charge >= 0.3 is 0 Å². The lowest BCUT2D eigenvalue weighted by Gasteiger charge is -2.36. The average Bonchev–Trinajstić information content (AvgIpc) is 3.02. The zero-order valence-electron chi connectivity index (χ0n) is 24.5. The van der Waals surface area contributed by atoms with Crippen molar-refractivity contribution in [3.8, 4) is 11.5 Å². The van der Waals surface area contributed by atoms with Crippen molar-refractivity contribution in [1.82, 2.24) is 5.32 Å². The minimum absolute atomic E-state index is 0.0990. The molecule has 43 heavy (non-hydrogen) atoms. The van der Waals surface area contributed by atoms with Gasteiger partial charge in [0.2, 0.25) is 0 Å². The first-order valence-corrected chi connectivity index (χ1v) is 14.8. The predicted molar refractivity (Wildman–Crippen MR) is 159 cm³/mol. The van der Waals surface area contributed by atoms with Crippen LogP contribution < -0.4 is 19.7 Å². The van der Waals surface area contributed by atoms with Crippen molar-refractivity contribution < 1.29 is 37.6 Å². The first-order chi connectivity index (χ1) is 21.0. The highest BCUT2D eigenvalue weighted by Gasteiger charge is 2.34. The van der Waals surface area contributed by atoms with E-state index in [4.69, 9.17) is 23.7 Å². The van der Waals surface area contributed by atoms with Crippen molar-refractivity contribution in [2.24, 2.45) is 0 Å². The van der Waals surface area contributed by atoms with Crippen LogP contribution in [0.1, 0.15) is 29.0 Å². The highest BCUT2D eigenvalue weighted by Crippen LogP contribution is 2.34. The molecule has 3 atom stereocenters. The molecule has 2 aliphatic heterocycles. The second kappa shape index (κ2) is 15.4. The molecule has 2 N–H and O–H groups in total. The summed E-state index contributed by atoms with van der Waals surface area (Å²) in [4.78, 5) is 2.33. The molecule has 232 valence electrons. The molecule has 3 aromatic carbocycles. The highest BCUT2D eigenvalue weighted by atomic mass is 19.1. The molecule has 2 unspecified atom stereocenters. The topological polar surface area (TPSA) is 81.7 Å². The van der Waals surface area contributed by atoms with Crippen molar-refractivity contribution in [2.75, 3.05) is 64.6 Å². The van der Waals surface area contributed by atoms with Gasteiger partial charge in [0, 0.05) is 45.3 Å². The first kappa shape index (κ1) is 31.2. The Morgan fingerprint density at radius 2 is 1.79 bits per heavy atom. The van der Waals surface area contributed by atoms with Crippen molar-refractivity contribution in [3.05, 3.63) is 89.0 Å². The molecule has 0 amide bonds. The summed E-state index contributed by atoms with van der Waals surface area (Å²) >= 11 is 0. The van der Waals surface area contributed by atoms with E-state index in [2.05, 4.69) is 16.3 Å². The number of methoxy groups -OCH3 is 1. The number of fused-ring (bicyclic) bond motifs is 1. The van der Waals surface area contributed by atoms with Gasteiger partial charge in [-0.05, 0) is 47.4 Å². The monoisotopic (exact) mass is 598 g/mol. The lowest BCUT2D eigenvalue weighted by atomic mass is 9.85. The SMILES string of the molecule is COCCCN1CCOc2ccc(COC3CNC[C@@H](O)C3c3ccc(COCCOc4cc(F)ccc4F)cc3)cc21.